The quantitative estimate of drug-likeness (QED) is 0.145. The average Bonchev–Trinajstić information content (AvgIpc) is 3.47. The van der Waals surface area contributed by atoms with Crippen LogP contribution in [0, 0.1) is 0 Å². The number of carbonyl (C=O) groups is 2. The van der Waals surface area contributed by atoms with E-state index in [1.807, 2.05) is 71.8 Å². The number of aromatic nitrogens is 1. The molecule has 0 spiro atoms. The Bertz CT molecular complexity index is 1500. The predicted octanol–water partition coefficient (Wildman–Crippen LogP) is 6.28. The van der Waals surface area contributed by atoms with Crippen LogP contribution >= 0.6 is 0 Å². The Morgan fingerprint density at radius 3 is 2.27 bits per heavy atom. The molecule has 0 unspecified atom stereocenters. The number of rotatable bonds is 17. The molecule has 1 N–H and O–H groups in total. The van der Waals surface area contributed by atoms with Gasteiger partial charge < -0.3 is 29.0 Å². The Kier molecular flexibility index (Phi) is 12.2. The van der Waals surface area contributed by atoms with E-state index in [2.05, 4.69) is 18.0 Å². The summed E-state index contributed by atoms with van der Waals surface area (Å²) in [5.41, 5.74) is 4.89. The van der Waals surface area contributed by atoms with E-state index in [4.69, 9.17) is 14.2 Å². The number of benzene rings is 3. The minimum atomic E-state index is -0.182. The number of para-hydroxylation sites is 1. The third kappa shape index (κ3) is 8.63. The molecule has 0 radical (unpaired) electrons. The van der Waals surface area contributed by atoms with Crippen molar-refractivity contribution in [1.82, 2.24) is 14.8 Å². The number of unbranched alkanes of at least 4 members (excludes halogenated alkanes) is 2. The molecule has 0 atom stereocenters. The highest BCUT2D eigenvalue weighted by molar-refractivity contribution is 5.96. The minimum absolute atomic E-state index is 0.0539. The summed E-state index contributed by atoms with van der Waals surface area (Å²) in [7, 11) is 4.79. The van der Waals surface area contributed by atoms with Gasteiger partial charge >= 0.3 is 0 Å². The van der Waals surface area contributed by atoms with E-state index in [9.17, 15) is 9.59 Å². The van der Waals surface area contributed by atoms with Crippen LogP contribution in [0.25, 0.3) is 10.9 Å². The Morgan fingerprint density at radius 1 is 0.795 bits per heavy atom. The van der Waals surface area contributed by atoms with Crippen molar-refractivity contribution in [2.45, 2.75) is 45.6 Å². The summed E-state index contributed by atoms with van der Waals surface area (Å²) < 4.78 is 16.2. The number of ether oxygens (including phenoxy) is 3. The first kappa shape index (κ1) is 32.6. The number of aryl methyl sites for hydroxylation is 1. The van der Waals surface area contributed by atoms with Crippen LogP contribution in [-0.4, -0.2) is 74.2 Å². The van der Waals surface area contributed by atoms with Gasteiger partial charge in [0.2, 0.25) is 5.91 Å². The van der Waals surface area contributed by atoms with Crippen molar-refractivity contribution in [3.63, 3.8) is 0 Å². The summed E-state index contributed by atoms with van der Waals surface area (Å²) in [6, 6.07) is 21.6. The van der Waals surface area contributed by atoms with Crippen molar-refractivity contribution in [3.05, 3.63) is 95.2 Å². The highest BCUT2D eigenvalue weighted by Gasteiger charge is 2.23. The highest BCUT2D eigenvalue weighted by atomic mass is 16.5. The molecule has 4 rings (SSSR count). The van der Waals surface area contributed by atoms with Gasteiger partial charge in [0.05, 0.1) is 20.8 Å². The number of amides is 2. The van der Waals surface area contributed by atoms with Gasteiger partial charge in [0, 0.05) is 49.4 Å². The first-order valence-corrected chi connectivity index (χ1v) is 15.4. The molecule has 0 aliphatic carbocycles. The molecule has 3 aromatic carbocycles. The maximum absolute atomic E-state index is 14.0. The Balaban J connectivity index is 1.54. The van der Waals surface area contributed by atoms with Gasteiger partial charge in [-0.15, -0.1) is 0 Å². The van der Waals surface area contributed by atoms with E-state index < -0.39 is 0 Å². The molecule has 1 aromatic heterocycles. The largest absolute Gasteiger partial charge is 0.493 e. The fourth-order valence-corrected chi connectivity index (χ4v) is 5.38. The van der Waals surface area contributed by atoms with Gasteiger partial charge in [-0.2, -0.15) is 0 Å². The van der Waals surface area contributed by atoms with Crippen LogP contribution in [0.1, 0.15) is 53.2 Å². The van der Waals surface area contributed by atoms with E-state index in [1.54, 1.807) is 26.2 Å². The Hall–Kier alpha value is -4.30. The number of aromatic amines is 1. The number of methoxy groups -OCH3 is 3. The summed E-state index contributed by atoms with van der Waals surface area (Å²) in [6.45, 7) is 3.62. The zero-order chi connectivity index (χ0) is 31.3. The van der Waals surface area contributed by atoms with E-state index in [-0.39, 0.29) is 18.4 Å². The van der Waals surface area contributed by atoms with Crippen LogP contribution in [0.15, 0.2) is 72.9 Å². The molecule has 234 valence electrons. The van der Waals surface area contributed by atoms with Crippen molar-refractivity contribution in [2.24, 2.45) is 0 Å². The number of fused-ring (bicyclic) bond motifs is 1. The maximum Gasteiger partial charge on any atom is 0.254 e. The van der Waals surface area contributed by atoms with E-state index in [0.717, 1.165) is 34.9 Å². The molecule has 1 heterocycles. The van der Waals surface area contributed by atoms with Crippen LogP contribution in [0.5, 0.6) is 11.5 Å². The summed E-state index contributed by atoms with van der Waals surface area (Å²) in [5.74, 6) is 0.906. The number of nitrogens with zero attached hydrogens (tertiary/aromatic N) is 2. The van der Waals surface area contributed by atoms with Gasteiger partial charge in [0.1, 0.15) is 6.54 Å². The number of hydrogen-bond acceptors (Lipinski definition) is 5. The second-order valence-corrected chi connectivity index (χ2v) is 11.0. The highest BCUT2D eigenvalue weighted by Crippen LogP contribution is 2.28. The number of hydrogen-bond donors (Lipinski definition) is 1. The zero-order valence-corrected chi connectivity index (χ0v) is 26.4. The van der Waals surface area contributed by atoms with Crippen LogP contribution < -0.4 is 9.47 Å². The summed E-state index contributed by atoms with van der Waals surface area (Å²) in [6.07, 6.45) is 7.15. The third-order valence-corrected chi connectivity index (χ3v) is 7.95. The standard InChI is InChI=1S/C36H45N3O5/c1-5-6-7-10-27-13-16-29(17-14-27)36(41)39(21-22-42-2)26-35(40)38(25-28-15-18-33(43-3)34(23-28)44-4)20-19-30-24-37-32-12-9-8-11-31(30)32/h8-9,11-18,23-24,37H,5-7,10,19-22,25-26H2,1-4H3. The monoisotopic (exact) mass is 599 g/mol. The fraction of sp³-hybridized carbons (Fsp3) is 0.389. The van der Waals surface area contributed by atoms with Gasteiger partial charge in [-0.25, -0.2) is 0 Å². The van der Waals surface area contributed by atoms with Gasteiger partial charge in [-0.1, -0.05) is 56.2 Å². The van der Waals surface area contributed by atoms with Gasteiger partial charge in [-0.05, 0) is 66.3 Å². The zero-order valence-electron chi connectivity index (χ0n) is 26.4. The number of nitrogens with one attached hydrogen (secondary N) is 1. The molecule has 8 heteroatoms. The lowest BCUT2D eigenvalue weighted by Crippen LogP contribution is -2.44. The van der Waals surface area contributed by atoms with Crippen molar-refractivity contribution >= 4 is 22.7 Å². The van der Waals surface area contributed by atoms with E-state index >= 15 is 0 Å². The summed E-state index contributed by atoms with van der Waals surface area (Å²) >= 11 is 0. The Labute approximate surface area is 260 Å². The SMILES string of the molecule is CCCCCc1ccc(C(=O)N(CCOC)CC(=O)N(CCc2c[nH]c3ccccc23)Cc2ccc(OC)c(OC)c2)cc1. The summed E-state index contributed by atoms with van der Waals surface area (Å²) in [5, 5.41) is 1.14. The first-order chi connectivity index (χ1) is 21.5. The third-order valence-electron chi connectivity index (χ3n) is 7.95. The lowest BCUT2D eigenvalue weighted by Gasteiger charge is -2.28. The van der Waals surface area contributed by atoms with Gasteiger partial charge in [0.25, 0.3) is 5.91 Å². The lowest BCUT2D eigenvalue weighted by atomic mass is 10.0. The first-order valence-electron chi connectivity index (χ1n) is 15.4. The Morgan fingerprint density at radius 2 is 1.55 bits per heavy atom. The molecule has 0 aliphatic heterocycles. The average molecular weight is 600 g/mol. The smallest absolute Gasteiger partial charge is 0.254 e. The second kappa shape index (κ2) is 16.5. The summed E-state index contributed by atoms with van der Waals surface area (Å²) in [4.78, 5) is 34.4. The molecule has 0 fully saturated rings. The normalized spacial score (nSPS) is 11.0. The molecule has 4 aromatic rings. The lowest BCUT2D eigenvalue weighted by molar-refractivity contribution is -0.132. The molecular formula is C36H45N3O5. The van der Waals surface area contributed by atoms with Crippen molar-refractivity contribution < 1.29 is 23.8 Å². The van der Waals surface area contributed by atoms with Crippen molar-refractivity contribution in [1.29, 1.82) is 0 Å². The molecule has 0 aliphatic rings. The number of H-pyrrole nitrogens is 1. The fourth-order valence-electron chi connectivity index (χ4n) is 5.38. The molecule has 2 amide bonds. The van der Waals surface area contributed by atoms with Crippen molar-refractivity contribution in [2.75, 3.05) is 47.6 Å². The topological polar surface area (TPSA) is 84.1 Å². The maximum atomic E-state index is 14.0. The van der Waals surface area contributed by atoms with Crippen LogP contribution in [0.4, 0.5) is 0 Å². The van der Waals surface area contributed by atoms with Crippen LogP contribution in [-0.2, 0) is 28.9 Å². The minimum Gasteiger partial charge on any atom is -0.493 e. The second-order valence-electron chi connectivity index (χ2n) is 11.0. The molecule has 0 saturated heterocycles. The van der Waals surface area contributed by atoms with Crippen LogP contribution in [0.3, 0.4) is 0 Å². The molecule has 0 saturated carbocycles. The molecule has 44 heavy (non-hydrogen) atoms. The van der Waals surface area contributed by atoms with E-state index in [0.29, 0.717) is 49.7 Å². The number of carbonyl (C=O) groups excluding carboxylic acids is 2. The van der Waals surface area contributed by atoms with Crippen molar-refractivity contribution in [3.8, 4) is 11.5 Å². The molecular weight excluding hydrogens is 554 g/mol. The van der Waals surface area contributed by atoms with Gasteiger partial charge in [-0.3, -0.25) is 9.59 Å². The van der Waals surface area contributed by atoms with E-state index in [1.165, 1.54) is 18.4 Å². The van der Waals surface area contributed by atoms with Gasteiger partial charge in [0.15, 0.2) is 11.5 Å². The van der Waals surface area contributed by atoms with Crippen LogP contribution in [0.2, 0.25) is 0 Å². The predicted molar refractivity (Wildman–Crippen MR) is 174 cm³/mol. The molecule has 8 nitrogen and oxygen atoms in total. The molecule has 0 bridgehead atoms.